The number of carboxylic acid groups (broad SMARTS) is 1. The third-order valence-electron chi connectivity index (χ3n) is 2.77. The third-order valence-corrected chi connectivity index (χ3v) is 3.87. The number of amides is 1. The summed E-state index contributed by atoms with van der Waals surface area (Å²) in [6.07, 6.45) is 2.45. The van der Waals surface area contributed by atoms with E-state index in [-0.39, 0.29) is 18.1 Å². The average Bonchev–Trinajstić information content (AvgIpc) is 2.45. The van der Waals surface area contributed by atoms with Crippen molar-refractivity contribution >= 4 is 23.6 Å². The summed E-state index contributed by atoms with van der Waals surface area (Å²) in [5.74, 6) is -0.250. The Hall–Kier alpha value is -1.56. The fourth-order valence-electron chi connectivity index (χ4n) is 1.67. The summed E-state index contributed by atoms with van der Waals surface area (Å²) in [7, 11) is 0. The van der Waals surface area contributed by atoms with E-state index in [0.29, 0.717) is 25.8 Å². The van der Waals surface area contributed by atoms with Crippen LogP contribution in [0.4, 0.5) is 4.39 Å². The Bertz CT molecular complexity index is 451. The molecule has 0 radical (unpaired) electrons. The van der Waals surface area contributed by atoms with Gasteiger partial charge in [0.05, 0.1) is 0 Å². The van der Waals surface area contributed by atoms with Gasteiger partial charge in [-0.2, -0.15) is 0 Å². The number of aliphatic carboxylic acids is 1. The van der Waals surface area contributed by atoms with Crippen molar-refractivity contribution in [3.8, 4) is 0 Å². The minimum absolute atomic E-state index is 0.0350. The second-order valence-electron chi connectivity index (χ2n) is 4.61. The lowest BCUT2D eigenvalue weighted by Crippen LogP contribution is -2.24. The van der Waals surface area contributed by atoms with E-state index in [2.05, 4.69) is 5.32 Å². The number of thioether (sulfide) groups is 1. The van der Waals surface area contributed by atoms with Crippen LogP contribution in [0.1, 0.15) is 32.1 Å². The van der Waals surface area contributed by atoms with Gasteiger partial charge in [0.2, 0.25) is 5.91 Å². The Balaban J connectivity index is 1.99. The number of hydrogen-bond donors (Lipinski definition) is 2. The van der Waals surface area contributed by atoms with Gasteiger partial charge in [0.15, 0.2) is 0 Å². The van der Waals surface area contributed by atoms with Gasteiger partial charge < -0.3 is 10.4 Å². The lowest BCUT2D eigenvalue weighted by Gasteiger charge is -2.05. The van der Waals surface area contributed by atoms with Crippen LogP contribution in [0.3, 0.4) is 0 Å². The van der Waals surface area contributed by atoms with Crippen LogP contribution in [0.15, 0.2) is 29.2 Å². The van der Waals surface area contributed by atoms with Crippen LogP contribution in [0.25, 0.3) is 0 Å². The smallest absolute Gasteiger partial charge is 0.303 e. The standard InChI is InChI=1S/C15H20FNO3S/c16-12-6-8-13(9-7-12)21-11-3-10-17-14(18)4-1-2-5-15(19)20/h6-9H,1-5,10-11H2,(H,17,18)(H,19,20). The topological polar surface area (TPSA) is 66.4 Å². The first-order valence-corrected chi connectivity index (χ1v) is 7.93. The zero-order valence-corrected chi connectivity index (χ0v) is 12.6. The van der Waals surface area contributed by atoms with Gasteiger partial charge in [0, 0.05) is 24.3 Å². The molecule has 0 bridgehead atoms. The molecule has 21 heavy (non-hydrogen) atoms. The number of unbranched alkanes of at least 4 members (excludes halogenated alkanes) is 1. The number of carbonyl (C=O) groups excluding carboxylic acids is 1. The molecule has 2 N–H and O–H groups in total. The lowest BCUT2D eigenvalue weighted by atomic mass is 10.2. The van der Waals surface area contributed by atoms with E-state index in [9.17, 15) is 14.0 Å². The van der Waals surface area contributed by atoms with E-state index in [4.69, 9.17) is 5.11 Å². The molecule has 0 saturated carbocycles. The van der Waals surface area contributed by atoms with Gasteiger partial charge in [0.25, 0.3) is 0 Å². The van der Waals surface area contributed by atoms with Crippen LogP contribution in [0.2, 0.25) is 0 Å². The Morgan fingerprint density at radius 2 is 1.76 bits per heavy atom. The fraction of sp³-hybridized carbons (Fsp3) is 0.467. The molecule has 6 heteroatoms. The molecular formula is C15H20FNO3S. The van der Waals surface area contributed by atoms with Gasteiger partial charge >= 0.3 is 5.97 Å². The molecule has 116 valence electrons. The number of benzene rings is 1. The van der Waals surface area contributed by atoms with Crippen LogP contribution in [0.5, 0.6) is 0 Å². The summed E-state index contributed by atoms with van der Waals surface area (Å²) >= 11 is 1.62. The Kier molecular flexibility index (Phi) is 8.50. The Morgan fingerprint density at radius 3 is 2.43 bits per heavy atom. The molecule has 0 unspecified atom stereocenters. The number of nitrogens with one attached hydrogen (secondary N) is 1. The Labute approximate surface area is 128 Å². The fourth-order valence-corrected chi connectivity index (χ4v) is 2.52. The second-order valence-corrected chi connectivity index (χ2v) is 5.78. The second kappa shape index (κ2) is 10.2. The largest absolute Gasteiger partial charge is 0.481 e. The van der Waals surface area contributed by atoms with Gasteiger partial charge in [-0.3, -0.25) is 9.59 Å². The summed E-state index contributed by atoms with van der Waals surface area (Å²) in [6.45, 7) is 0.603. The first-order chi connectivity index (χ1) is 10.1. The highest BCUT2D eigenvalue weighted by Crippen LogP contribution is 2.18. The summed E-state index contributed by atoms with van der Waals surface area (Å²) in [5.41, 5.74) is 0. The molecule has 1 aromatic rings. The molecule has 0 aliphatic heterocycles. The van der Waals surface area contributed by atoms with Crippen molar-refractivity contribution in [3.63, 3.8) is 0 Å². The molecule has 0 aromatic heterocycles. The van der Waals surface area contributed by atoms with Gasteiger partial charge in [-0.15, -0.1) is 11.8 Å². The molecule has 4 nitrogen and oxygen atoms in total. The number of hydrogen-bond acceptors (Lipinski definition) is 3. The zero-order valence-electron chi connectivity index (χ0n) is 11.8. The highest BCUT2D eigenvalue weighted by Gasteiger charge is 2.02. The molecular weight excluding hydrogens is 293 g/mol. The zero-order chi connectivity index (χ0) is 15.5. The molecule has 0 fully saturated rings. The van der Waals surface area contributed by atoms with E-state index in [0.717, 1.165) is 17.1 Å². The highest BCUT2D eigenvalue weighted by molar-refractivity contribution is 7.99. The lowest BCUT2D eigenvalue weighted by molar-refractivity contribution is -0.137. The third kappa shape index (κ3) is 9.07. The maximum Gasteiger partial charge on any atom is 0.303 e. The van der Waals surface area contributed by atoms with Crippen LogP contribution in [-0.2, 0) is 9.59 Å². The molecule has 1 aromatic carbocycles. The predicted octanol–water partition coefficient (Wildman–Crippen LogP) is 3.07. The number of carboxylic acids is 1. The molecule has 1 amide bonds. The quantitative estimate of drug-likeness (QED) is 0.514. The van der Waals surface area contributed by atoms with Crippen molar-refractivity contribution in [2.24, 2.45) is 0 Å². The molecule has 1 rings (SSSR count). The van der Waals surface area contributed by atoms with Crippen LogP contribution in [-0.4, -0.2) is 29.3 Å². The normalized spacial score (nSPS) is 10.3. The molecule has 0 heterocycles. The van der Waals surface area contributed by atoms with Gasteiger partial charge in [0.1, 0.15) is 5.82 Å². The van der Waals surface area contributed by atoms with Crippen molar-refractivity contribution in [1.82, 2.24) is 5.32 Å². The number of halogens is 1. The first-order valence-electron chi connectivity index (χ1n) is 6.95. The van der Waals surface area contributed by atoms with Crippen molar-refractivity contribution in [2.75, 3.05) is 12.3 Å². The van der Waals surface area contributed by atoms with Gasteiger partial charge in [-0.25, -0.2) is 4.39 Å². The number of rotatable bonds is 10. The van der Waals surface area contributed by atoms with Crippen LogP contribution in [0, 0.1) is 5.82 Å². The minimum atomic E-state index is -0.826. The van der Waals surface area contributed by atoms with Gasteiger partial charge in [-0.05, 0) is 49.3 Å². The molecule has 0 aliphatic rings. The van der Waals surface area contributed by atoms with Crippen molar-refractivity contribution in [1.29, 1.82) is 0 Å². The van der Waals surface area contributed by atoms with E-state index < -0.39 is 5.97 Å². The average molecular weight is 313 g/mol. The molecule has 0 atom stereocenters. The van der Waals surface area contributed by atoms with Crippen LogP contribution < -0.4 is 5.32 Å². The molecule has 0 spiro atoms. The minimum Gasteiger partial charge on any atom is -0.481 e. The van der Waals surface area contributed by atoms with Crippen LogP contribution >= 0.6 is 11.8 Å². The Morgan fingerprint density at radius 1 is 1.10 bits per heavy atom. The van der Waals surface area contributed by atoms with Gasteiger partial charge in [-0.1, -0.05) is 0 Å². The summed E-state index contributed by atoms with van der Waals surface area (Å²) in [5, 5.41) is 11.3. The summed E-state index contributed by atoms with van der Waals surface area (Å²) in [4.78, 5) is 22.8. The summed E-state index contributed by atoms with van der Waals surface area (Å²) in [6, 6.07) is 6.34. The molecule has 0 aliphatic carbocycles. The van der Waals surface area contributed by atoms with E-state index in [1.165, 1.54) is 12.1 Å². The molecule has 0 saturated heterocycles. The maximum absolute atomic E-state index is 12.7. The predicted molar refractivity (Wildman–Crippen MR) is 80.9 cm³/mol. The van der Waals surface area contributed by atoms with E-state index in [1.54, 1.807) is 23.9 Å². The highest BCUT2D eigenvalue weighted by atomic mass is 32.2. The SMILES string of the molecule is O=C(O)CCCCC(=O)NCCCSc1ccc(F)cc1. The first kappa shape index (κ1) is 17.5. The summed E-state index contributed by atoms with van der Waals surface area (Å²) < 4.78 is 12.7. The monoisotopic (exact) mass is 313 g/mol. The van der Waals surface area contributed by atoms with Crippen molar-refractivity contribution in [3.05, 3.63) is 30.1 Å². The van der Waals surface area contributed by atoms with E-state index in [1.807, 2.05) is 0 Å². The number of carbonyl (C=O) groups is 2. The van der Waals surface area contributed by atoms with E-state index >= 15 is 0 Å². The van der Waals surface area contributed by atoms with Crippen molar-refractivity contribution in [2.45, 2.75) is 37.0 Å². The maximum atomic E-state index is 12.7. The van der Waals surface area contributed by atoms with Crippen molar-refractivity contribution < 1.29 is 19.1 Å².